The van der Waals surface area contributed by atoms with E-state index in [1.165, 1.54) is 31.2 Å². The first-order valence-corrected chi connectivity index (χ1v) is 5.96. The predicted molar refractivity (Wildman–Crippen MR) is 66.4 cm³/mol. The minimum Gasteiger partial charge on any atom is -0.356 e. The lowest BCUT2D eigenvalue weighted by Crippen LogP contribution is -2.12. The quantitative estimate of drug-likeness (QED) is 0.495. The molecule has 0 saturated heterocycles. The lowest BCUT2D eigenvalue weighted by atomic mass is 10.1. The van der Waals surface area contributed by atoms with Crippen LogP contribution in [0.4, 0.5) is 0 Å². The molecule has 90 valence electrons. The molecule has 0 radical (unpaired) electrons. The zero-order chi connectivity index (χ0) is 11.6. The van der Waals surface area contributed by atoms with E-state index < -0.39 is 0 Å². The van der Waals surface area contributed by atoms with Gasteiger partial charge in [-0.3, -0.25) is 0 Å². The number of ether oxygens (including phenoxy) is 2. The van der Waals surface area contributed by atoms with Crippen LogP contribution in [-0.4, -0.2) is 20.5 Å². The van der Waals surface area contributed by atoms with E-state index in [9.17, 15) is 0 Å². The zero-order valence-corrected chi connectivity index (χ0v) is 10.3. The minimum absolute atomic E-state index is 0.0308. The Morgan fingerprint density at radius 3 is 2.25 bits per heavy atom. The number of rotatable bonds is 8. The number of aryl methyl sites for hydroxylation is 1. The van der Waals surface area contributed by atoms with Gasteiger partial charge in [-0.05, 0) is 31.2 Å². The molecule has 0 fully saturated rings. The van der Waals surface area contributed by atoms with E-state index in [4.69, 9.17) is 9.47 Å². The molecule has 0 unspecified atom stereocenters. The average Bonchev–Trinajstić information content (AvgIpc) is 2.35. The molecule has 2 heteroatoms. The molecule has 1 aromatic rings. The van der Waals surface area contributed by atoms with Gasteiger partial charge < -0.3 is 9.47 Å². The molecule has 2 nitrogen and oxygen atoms in total. The third kappa shape index (κ3) is 5.29. The highest BCUT2D eigenvalue weighted by atomic mass is 16.7. The number of hydrogen-bond acceptors (Lipinski definition) is 2. The van der Waals surface area contributed by atoms with Crippen molar-refractivity contribution >= 4 is 0 Å². The summed E-state index contributed by atoms with van der Waals surface area (Å²) in [6.45, 7) is 0. The smallest absolute Gasteiger partial charge is 0.156 e. The van der Waals surface area contributed by atoms with Crippen molar-refractivity contribution in [2.45, 2.75) is 38.4 Å². The lowest BCUT2D eigenvalue weighted by Gasteiger charge is -2.12. The number of unbranched alkanes of at least 4 members (excludes halogenated alkanes) is 2. The Bertz CT molecular complexity index is 255. The summed E-state index contributed by atoms with van der Waals surface area (Å²) in [6, 6.07) is 10.6. The number of benzene rings is 1. The Morgan fingerprint density at radius 2 is 1.62 bits per heavy atom. The van der Waals surface area contributed by atoms with Crippen molar-refractivity contribution in [2.24, 2.45) is 0 Å². The van der Waals surface area contributed by atoms with Crippen molar-refractivity contribution in [3.63, 3.8) is 0 Å². The molecular formula is C14H22O2. The van der Waals surface area contributed by atoms with E-state index in [1.807, 2.05) is 0 Å². The first-order chi connectivity index (χ1) is 7.86. The van der Waals surface area contributed by atoms with Gasteiger partial charge in [0.05, 0.1) is 0 Å². The molecular weight excluding hydrogens is 200 g/mol. The van der Waals surface area contributed by atoms with Crippen molar-refractivity contribution in [1.29, 1.82) is 0 Å². The van der Waals surface area contributed by atoms with Crippen LogP contribution in [0.3, 0.4) is 0 Å². The van der Waals surface area contributed by atoms with E-state index >= 15 is 0 Å². The highest BCUT2D eigenvalue weighted by molar-refractivity contribution is 5.14. The fourth-order valence-electron chi connectivity index (χ4n) is 1.79. The molecule has 0 bridgehead atoms. The molecule has 0 aromatic heterocycles. The van der Waals surface area contributed by atoms with E-state index in [2.05, 4.69) is 30.3 Å². The second kappa shape index (κ2) is 8.31. The predicted octanol–water partition coefficient (Wildman–Crippen LogP) is 3.41. The second-order valence-electron chi connectivity index (χ2n) is 3.99. The summed E-state index contributed by atoms with van der Waals surface area (Å²) in [5.74, 6) is 0. The van der Waals surface area contributed by atoms with Gasteiger partial charge in [-0.15, -0.1) is 0 Å². The Labute approximate surface area is 98.6 Å². The number of methoxy groups -OCH3 is 2. The first-order valence-electron chi connectivity index (χ1n) is 5.96. The first kappa shape index (κ1) is 13.2. The highest BCUT2D eigenvalue weighted by Gasteiger charge is 2.03. The van der Waals surface area contributed by atoms with Crippen molar-refractivity contribution in [1.82, 2.24) is 0 Å². The summed E-state index contributed by atoms with van der Waals surface area (Å²) >= 11 is 0. The van der Waals surface area contributed by atoms with Crippen LogP contribution in [0.1, 0.15) is 31.2 Å². The number of hydrogen-bond donors (Lipinski definition) is 0. The van der Waals surface area contributed by atoms with Crippen molar-refractivity contribution in [3.8, 4) is 0 Å². The fraction of sp³-hybridized carbons (Fsp3) is 0.571. The van der Waals surface area contributed by atoms with Gasteiger partial charge in [0.25, 0.3) is 0 Å². The van der Waals surface area contributed by atoms with Crippen LogP contribution in [0.15, 0.2) is 30.3 Å². The molecule has 0 amide bonds. The second-order valence-corrected chi connectivity index (χ2v) is 3.99. The summed E-state index contributed by atoms with van der Waals surface area (Å²) in [4.78, 5) is 0. The molecule has 0 saturated carbocycles. The molecule has 0 aliphatic carbocycles. The molecule has 0 spiro atoms. The van der Waals surface area contributed by atoms with Crippen LogP contribution >= 0.6 is 0 Å². The van der Waals surface area contributed by atoms with Gasteiger partial charge in [-0.1, -0.05) is 36.8 Å². The minimum atomic E-state index is -0.0308. The molecule has 0 N–H and O–H groups in total. The summed E-state index contributed by atoms with van der Waals surface area (Å²) in [6.07, 6.45) is 5.77. The normalized spacial score (nSPS) is 10.9. The summed E-state index contributed by atoms with van der Waals surface area (Å²) in [5, 5.41) is 0. The van der Waals surface area contributed by atoms with Gasteiger partial charge in [0.1, 0.15) is 0 Å². The molecule has 1 aromatic carbocycles. The van der Waals surface area contributed by atoms with Crippen LogP contribution in [0, 0.1) is 0 Å². The van der Waals surface area contributed by atoms with Crippen LogP contribution in [0.25, 0.3) is 0 Å². The molecule has 0 heterocycles. The molecule has 0 atom stereocenters. The standard InChI is InChI=1S/C14H22O2/c1-15-14(16-2)12-8-4-7-11-13-9-5-3-6-10-13/h3,5-6,9-10,14H,4,7-8,11-12H2,1-2H3. The Morgan fingerprint density at radius 1 is 0.938 bits per heavy atom. The van der Waals surface area contributed by atoms with Gasteiger partial charge in [0.15, 0.2) is 6.29 Å². The SMILES string of the molecule is COC(CCCCCc1ccccc1)OC. The summed E-state index contributed by atoms with van der Waals surface area (Å²) in [7, 11) is 3.39. The Balaban J connectivity index is 2.04. The van der Waals surface area contributed by atoms with Gasteiger partial charge in [-0.25, -0.2) is 0 Å². The van der Waals surface area contributed by atoms with Gasteiger partial charge in [-0.2, -0.15) is 0 Å². The van der Waals surface area contributed by atoms with Gasteiger partial charge in [0.2, 0.25) is 0 Å². The highest BCUT2D eigenvalue weighted by Crippen LogP contribution is 2.10. The van der Waals surface area contributed by atoms with Crippen molar-refractivity contribution in [2.75, 3.05) is 14.2 Å². The monoisotopic (exact) mass is 222 g/mol. The van der Waals surface area contributed by atoms with Crippen LogP contribution < -0.4 is 0 Å². The maximum Gasteiger partial charge on any atom is 0.156 e. The van der Waals surface area contributed by atoms with E-state index in [-0.39, 0.29) is 6.29 Å². The summed E-state index contributed by atoms with van der Waals surface area (Å²) < 4.78 is 10.3. The van der Waals surface area contributed by atoms with E-state index in [0.29, 0.717) is 0 Å². The zero-order valence-electron chi connectivity index (χ0n) is 10.3. The summed E-state index contributed by atoms with van der Waals surface area (Å²) in [5.41, 5.74) is 1.43. The molecule has 0 aliphatic heterocycles. The molecule has 0 aliphatic rings. The van der Waals surface area contributed by atoms with Crippen LogP contribution in [-0.2, 0) is 15.9 Å². The van der Waals surface area contributed by atoms with Crippen molar-refractivity contribution < 1.29 is 9.47 Å². The average molecular weight is 222 g/mol. The lowest BCUT2D eigenvalue weighted by molar-refractivity contribution is -0.107. The maximum atomic E-state index is 5.14. The van der Waals surface area contributed by atoms with E-state index in [0.717, 1.165) is 6.42 Å². The topological polar surface area (TPSA) is 18.5 Å². The Hall–Kier alpha value is -0.860. The molecule has 1 rings (SSSR count). The van der Waals surface area contributed by atoms with Gasteiger partial charge in [0, 0.05) is 14.2 Å². The maximum absolute atomic E-state index is 5.14. The van der Waals surface area contributed by atoms with Crippen LogP contribution in [0.2, 0.25) is 0 Å². The fourth-order valence-corrected chi connectivity index (χ4v) is 1.79. The van der Waals surface area contributed by atoms with E-state index in [1.54, 1.807) is 14.2 Å². The third-order valence-corrected chi connectivity index (χ3v) is 2.77. The molecule has 16 heavy (non-hydrogen) atoms. The largest absolute Gasteiger partial charge is 0.356 e. The van der Waals surface area contributed by atoms with Crippen molar-refractivity contribution in [3.05, 3.63) is 35.9 Å². The van der Waals surface area contributed by atoms with Gasteiger partial charge >= 0.3 is 0 Å². The third-order valence-electron chi connectivity index (χ3n) is 2.77. The van der Waals surface area contributed by atoms with Crippen LogP contribution in [0.5, 0.6) is 0 Å². The Kier molecular flexibility index (Phi) is 6.86.